The van der Waals surface area contributed by atoms with E-state index in [1.165, 1.54) is 40.8 Å². The van der Waals surface area contributed by atoms with Crippen LogP contribution in [0.15, 0.2) is 48.5 Å². The molecule has 0 spiro atoms. The zero-order valence-electron chi connectivity index (χ0n) is 9.74. The van der Waals surface area contributed by atoms with E-state index in [-0.39, 0.29) is 0 Å². The fraction of sp³-hybridized carbons (Fsp3) is 0.176. The minimum absolute atomic E-state index is 1.26. The molecule has 0 aromatic heterocycles. The highest BCUT2D eigenvalue weighted by molar-refractivity contribution is 6.07. The molecule has 4 rings (SSSR count). The van der Waals surface area contributed by atoms with Gasteiger partial charge in [-0.3, -0.25) is 0 Å². The molecule has 0 N–H and O–H groups in total. The van der Waals surface area contributed by atoms with Crippen molar-refractivity contribution in [1.29, 1.82) is 0 Å². The molecule has 0 amide bonds. The number of fused-ring (bicyclic) bond motifs is 4. The lowest BCUT2D eigenvalue weighted by atomic mass is 9.98. The van der Waals surface area contributed by atoms with E-state index >= 15 is 0 Å². The Labute approximate surface area is 101 Å². The molecule has 3 aromatic rings. The Morgan fingerprint density at radius 1 is 0.647 bits per heavy atom. The molecule has 0 fully saturated rings. The second-order valence-electron chi connectivity index (χ2n) is 4.98. The van der Waals surface area contributed by atoms with Crippen LogP contribution in [-0.2, 0) is 12.8 Å². The summed E-state index contributed by atoms with van der Waals surface area (Å²) in [7, 11) is 0. The summed E-state index contributed by atoms with van der Waals surface area (Å²) in [6, 6.07) is 18.0. The quantitative estimate of drug-likeness (QED) is 0.488. The molecule has 0 saturated heterocycles. The predicted molar refractivity (Wildman–Crippen MR) is 73.5 cm³/mol. The number of hydrogen-bond donors (Lipinski definition) is 0. The van der Waals surface area contributed by atoms with E-state index in [0.29, 0.717) is 0 Å². The van der Waals surface area contributed by atoms with Crippen molar-refractivity contribution in [1.82, 2.24) is 0 Å². The molecule has 0 saturated carbocycles. The van der Waals surface area contributed by atoms with Crippen LogP contribution in [0.1, 0.15) is 17.5 Å². The highest BCUT2D eigenvalue weighted by Crippen LogP contribution is 2.31. The number of aryl methyl sites for hydroxylation is 2. The zero-order valence-corrected chi connectivity index (χ0v) is 9.74. The molecular formula is C17H14. The maximum absolute atomic E-state index is 2.42. The van der Waals surface area contributed by atoms with Crippen LogP contribution in [0.25, 0.3) is 21.5 Å². The summed E-state index contributed by atoms with van der Waals surface area (Å²) in [6.07, 6.45) is 3.84. The van der Waals surface area contributed by atoms with E-state index in [1.54, 1.807) is 11.1 Å². The van der Waals surface area contributed by atoms with Gasteiger partial charge in [0.25, 0.3) is 0 Å². The summed E-state index contributed by atoms with van der Waals surface area (Å²) in [4.78, 5) is 0. The Kier molecular flexibility index (Phi) is 1.81. The van der Waals surface area contributed by atoms with Crippen molar-refractivity contribution >= 4 is 21.5 Å². The second-order valence-corrected chi connectivity index (χ2v) is 4.98. The second kappa shape index (κ2) is 3.33. The van der Waals surface area contributed by atoms with Crippen molar-refractivity contribution in [3.05, 3.63) is 59.7 Å². The smallest absolute Gasteiger partial charge is 0.0102 e. The Morgan fingerprint density at radius 3 is 2.35 bits per heavy atom. The van der Waals surface area contributed by atoms with E-state index in [9.17, 15) is 0 Å². The lowest BCUT2D eigenvalue weighted by Crippen LogP contribution is -1.84. The molecule has 82 valence electrons. The van der Waals surface area contributed by atoms with Crippen LogP contribution in [0.4, 0.5) is 0 Å². The van der Waals surface area contributed by atoms with Gasteiger partial charge in [-0.05, 0) is 51.9 Å². The van der Waals surface area contributed by atoms with Crippen molar-refractivity contribution in [2.75, 3.05) is 0 Å². The van der Waals surface area contributed by atoms with Crippen LogP contribution in [0.5, 0.6) is 0 Å². The van der Waals surface area contributed by atoms with Gasteiger partial charge in [0, 0.05) is 0 Å². The molecule has 0 heterocycles. The first-order valence-electron chi connectivity index (χ1n) is 6.35. The summed E-state index contributed by atoms with van der Waals surface area (Å²) in [5, 5.41) is 5.55. The van der Waals surface area contributed by atoms with E-state index in [2.05, 4.69) is 48.5 Å². The number of hydrogen-bond acceptors (Lipinski definition) is 0. The molecule has 1 aliphatic rings. The third kappa shape index (κ3) is 1.30. The lowest BCUT2D eigenvalue weighted by Gasteiger charge is -2.07. The lowest BCUT2D eigenvalue weighted by molar-refractivity contribution is 0.912. The van der Waals surface area contributed by atoms with Gasteiger partial charge in [-0.15, -0.1) is 0 Å². The van der Waals surface area contributed by atoms with Gasteiger partial charge in [-0.25, -0.2) is 0 Å². The first-order valence-corrected chi connectivity index (χ1v) is 6.35. The van der Waals surface area contributed by atoms with Gasteiger partial charge in [0.05, 0.1) is 0 Å². The summed E-state index contributed by atoms with van der Waals surface area (Å²) in [6.45, 7) is 0. The van der Waals surface area contributed by atoms with Gasteiger partial charge < -0.3 is 0 Å². The van der Waals surface area contributed by atoms with Crippen molar-refractivity contribution in [2.24, 2.45) is 0 Å². The van der Waals surface area contributed by atoms with Crippen molar-refractivity contribution in [2.45, 2.75) is 19.3 Å². The Morgan fingerprint density at radius 2 is 1.41 bits per heavy atom. The van der Waals surface area contributed by atoms with Crippen LogP contribution in [-0.4, -0.2) is 0 Å². The van der Waals surface area contributed by atoms with Gasteiger partial charge in [-0.1, -0.05) is 48.5 Å². The normalized spacial score (nSPS) is 14.4. The van der Waals surface area contributed by atoms with E-state index in [4.69, 9.17) is 0 Å². The third-order valence-corrected chi connectivity index (χ3v) is 3.96. The molecule has 17 heavy (non-hydrogen) atoms. The van der Waals surface area contributed by atoms with Crippen LogP contribution >= 0.6 is 0 Å². The van der Waals surface area contributed by atoms with Crippen LogP contribution in [0.2, 0.25) is 0 Å². The molecule has 0 bridgehead atoms. The fourth-order valence-electron chi connectivity index (χ4n) is 3.08. The number of rotatable bonds is 0. The largest absolute Gasteiger partial charge is 0.0616 e. The first kappa shape index (κ1) is 9.23. The van der Waals surface area contributed by atoms with Crippen LogP contribution < -0.4 is 0 Å². The summed E-state index contributed by atoms with van der Waals surface area (Å²) in [5.41, 5.74) is 3.13. The zero-order chi connectivity index (χ0) is 11.2. The molecule has 0 aliphatic heterocycles. The van der Waals surface area contributed by atoms with Gasteiger partial charge in [0.15, 0.2) is 0 Å². The molecule has 3 aromatic carbocycles. The monoisotopic (exact) mass is 218 g/mol. The number of benzene rings is 3. The van der Waals surface area contributed by atoms with Crippen LogP contribution in [0, 0.1) is 0 Å². The predicted octanol–water partition coefficient (Wildman–Crippen LogP) is 4.48. The average molecular weight is 218 g/mol. The standard InChI is InChI=1S/C17H14/c1-2-7-16-12(4-1)8-9-15-10-13-5-3-6-14(13)11-17(15)16/h1-2,4,7-11H,3,5-6H2. The van der Waals surface area contributed by atoms with Gasteiger partial charge in [-0.2, -0.15) is 0 Å². The Hall–Kier alpha value is -1.82. The highest BCUT2D eigenvalue weighted by Gasteiger charge is 2.12. The SMILES string of the molecule is c1ccc2c(c1)ccc1cc3c(cc12)CCC3. The highest BCUT2D eigenvalue weighted by atomic mass is 14.2. The van der Waals surface area contributed by atoms with E-state index in [1.807, 2.05) is 0 Å². The Bertz CT molecular complexity index is 723. The van der Waals surface area contributed by atoms with Gasteiger partial charge in [0.1, 0.15) is 0 Å². The van der Waals surface area contributed by atoms with E-state index < -0.39 is 0 Å². The Balaban J connectivity index is 2.19. The molecule has 0 radical (unpaired) electrons. The molecule has 0 heteroatoms. The molecule has 0 unspecified atom stereocenters. The molecule has 1 aliphatic carbocycles. The topological polar surface area (TPSA) is 0 Å². The third-order valence-electron chi connectivity index (χ3n) is 3.96. The van der Waals surface area contributed by atoms with Gasteiger partial charge in [0.2, 0.25) is 0 Å². The first-order chi connectivity index (χ1) is 8.42. The van der Waals surface area contributed by atoms with Crippen molar-refractivity contribution in [3.63, 3.8) is 0 Å². The maximum Gasteiger partial charge on any atom is -0.0102 e. The van der Waals surface area contributed by atoms with E-state index in [0.717, 1.165) is 0 Å². The minimum Gasteiger partial charge on any atom is -0.0616 e. The van der Waals surface area contributed by atoms with Crippen LogP contribution in [0.3, 0.4) is 0 Å². The van der Waals surface area contributed by atoms with Crippen molar-refractivity contribution < 1.29 is 0 Å². The van der Waals surface area contributed by atoms with Crippen molar-refractivity contribution in [3.8, 4) is 0 Å². The maximum atomic E-state index is 2.42. The summed E-state index contributed by atoms with van der Waals surface area (Å²) >= 11 is 0. The minimum atomic E-state index is 1.26. The summed E-state index contributed by atoms with van der Waals surface area (Å²) in [5.74, 6) is 0. The molecule has 0 atom stereocenters. The summed E-state index contributed by atoms with van der Waals surface area (Å²) < 4.78 is 0. The fourth-order valence-corrected chi connectivity index (χ4v) is 3.08. The molecular weight excluding hydrogens is 204 g/mol. The molecule has 0 nitrogen and oxygen atoms in total. The average Bonchev–Trinajstić information content (AvgIpc) is 2.83. The van der Waals surface area contributed by atoms with Gasteiger partial charge >= 0.3 is 0 Å².